The smallest absolute Gasteiger partial charge is 0.488 e. The van der Waals surface area contributed by atoms with E-state index in [1.165, 1.54) is 0 Å². The molecule has 4 nitrogen and oxygen atoms in total. The lowest BCUT2D eigenvalue weighted by atomic mass is 9.79. The zero-order valence-electron chi connectivity index (χ0n) is 9.22. The molecule has 0 atom stereocenters. The van der Waals surface area contributed by atoms with Crippen molar-refractivity contribution in [2.75, 3.05) is 13.7 Å². The van der Waals surface area contributed by atoms with E-state index in [1.54, 1.807) is 31.4 Å². The number of rotatable bonds is 6. The average Bonchev–Trinajstić information content (AvgIpc) is 2.29. The quantitative estimate of drug-likeness (QED) is 0.406. The molecule has 0 spiro atoms. The maximum atomic E-state index is 9.04. The number of hydrogen-bond acceptors (Lipinski definition) is 4. The summed E-state index contributed by atoms with van der Waals surface area (Å²) in [7, 11) is 0.0746. The Labute approximate surface area is 95.3 Å². The lowest BCUT2D eigenvalue weighted by molar-refractivity contribution is 0.146. The minimum absolute atomic E-state index is 0.343. The van der Waals surface area contributed by atoms with Gasteiger partial charge in [-0.1, -0.05) is 18.2 Å². The highest BCUT2D eigenvalue weighted by molar-refractivity contribution is 6.58. The molecular formula is C11H15BO4. The van der Waals surface area contributed by atoms with Crippen molar-refractivity contribution in [2.24, 2.45) is 0 Å². The van der Waals surface area contributed by atoms with Gasteiger partial charge in [0.25, 0.3) is 0 Å². The third-order valence-electron chi connectivity index (χ3n) is 2.10. The summed E-state index contributed by atoms with van der Waals surface area (Å²) in [5.41, 5.74) is 1.19. The van der Waals surface area contributed by atoms with Gasteiger partial charge in [-0.3, -0.25) is 0 Å². The molecule has 0 saturated carbocycles. The van der Waals surface area contributed by atoms with Crippen molar-refractivity contribution in [1.29, 1.82) is 0 Å². The SMILES string of the molecule is C=CCOCc1cc(B(O)O)ccc1OC. The highest BCUT2D eigenvalue weighted by Gasteiger charge is 2.13. The zero-order valence-corrected chi connectivity index (χ0v) is 9.22. The molecule has 0 fully saturated rings. The lowest BCUT2D eigenvalue weighted by Gasteiger charge is -2.10. The van der Waals surface area contributed by atoms with Gasteiger partial charge in [0.15, 0.2) is 0 Å². The molecule has 2 N–H and O–H groups in total. The first-order valence-corrected chi connectivity index (χ1v) is 4.90. The maximum absolute atomic E-state index is 9.04. The van der Waals surface area contributed by atoms with Crippen molar-refractivity contribution in [1.82, 2.24) is 0 Å². The predicted octanol–water partition coefficient (Wildman–Crippen LogP) is 0.0776. The monoisotopic (exact) mass is 222 g/mol. The van der Waals surface area contributed by atoms with E-state index in [0.717, 1.165) is 5.56 Å². The Kier molecular flexibility index (Phi) is 5.05. The maximum Gasteiger partial charge on any atom is 0.488 e. The fraction of sp³-hybridized carbons (Fsp3) is 0.273. The summed E-state index contributed by atoms with van der Waals surface area (Å²) in [4.78, 5) is 0. The van der Waals surface area contributed by atoms with E-state index in [9.17, 15) is 0 Å². The Balaban J connectivity index is 2.84. The minimum atomic E-state index is -1.48. The van der Waals surface area contributed by atoms with Gasteiger partial charge in [0.2, 0.25) is 0 Å². The molecule has 0 amide bonds. The van der Waals surface area contributed by atoms with Crippen LogP contribution >= 0.6 is 0 Å². The topological polar surface area (TPSA) is 58.9 Å². The first kappa shape index (κ1) is 12.8. The van der Waals surface area contributed by atoms with Crippen LogP contribution in [0.4, 0.5) is 0 Å². The first-order chi connectivity index (χ1) is 7.69. The van der Waals surface area contributed by atoms with Crippen molar-refractivity contribution in [3.05, 3.63) is 36.4 Å². The van der Waals surface area contributed by atoms with E-state index in [4.69, 9.17) is 19.5 Å². The fourth-order valence-electron chi connectivity index (χ4n) is 1.32. The molecule has 0 saturated heterocycles. The Morgan fingerprint density at radius 1 is 1.44 bits per heavy atom. The number of benzene rings is 1. The number of hydrogen-bond donors (Lipinski definition) is 2. The van der Waals surface area contributed by atoms with Gasteiger partial charge in [0, 0.05) is 5.56 Å². The Morgan fingerprint density at radius 2 is 2.19 bits per heavy atom. The van der Waals surface area contributed by atoms with Crippen LogP contribution in [0, 0.1) is 0 Å². The molecule has 16 heavy (non-hydrogen) atoms. The zero-order chi connectivity index (χ0) is 12.0. The second kappa shape index (κ2) is 6.32. The summed E-state index contributed by atoms with van der Waals surface area (Å²) in [6.45, 7) is 4.33. The van der Waals surface area contributed by atoms with Crippen molar-refractivity contribution in [2.45, 2.75) is 6.61 Å². The fourth-order valence-corrected chi connectivity index (χ4v) is 1.32. The number of methoxy groups -OCH3 is 1. The molecule has 0 aliphatic carbocycles. The van der Waals surface area contributed by atoms with Crippen LogP contribution in [-0.2, 0) is 11.3 Å². The molecule has 1 aromatic carbocycles. The van der Waals surface area contributed by atoms with Gasteiger partial charge in [0.1, 0.15) is 5.75 Å². The molecule has 0 heterocycles. The molecule has 0 aromatic heterocycles. The van der Waals surface area contributed by atoms with Gasteiger partial charge in [-0.05, 0) is 11.5 Å². The van der Waals surface area contributed by atoms with Crippen LogP contribution in [0.5, 0.6) is 5.75 Å². The normalized spacial score (nSPS) is 9.94. The standard InChI is InChI=1S/C11H15BO4/c1-3-6-16-8-9-7-10(12(13)14)4-5-11(9)15-2/h3-5,7,13-14H,1,6,8H2,2H3. The summed E-state index contributed by atoms with van der Waals surface area (Å²) in [5.74, 6) is 0.661. The van der Waals surface area contributed by atoms with Crippen LogP contribution < -0.4 is 10.2 Å². The van der Waals surface area contributed by atoms with Gasteiger partial charge < -0.3 is 19.5 Å². The van der Waals surface area contributed by atoms with E-state index < -0.39 is 7.12 Å². The first-order valence-electron chi connectivity index (χ1n) is 4.90. The van der Waals surface area contributed by atoms with E-state index >= 15 is 0 Å². The molecule has 0 unspecified atom stereocenters. The number of ether oxygens (including phenoxy) is 2. The third kappa shape index (κ3) is 3.38. The van der Waals surface area contributed by atoms with Crippen molar-refractivity contribution >= 4 is 12.6 Å². The van der Waals surface area contributed by atoms with Crippen molar-refractivity contribution in [3.8, 4) is 5.75 Å². The second-order valence-electron chi connectivity index (χ2n) is 3.25. The van der Waals surface area contributed by atoms with Gasteiger partial charge >= 0.3 is 7.12 Å². The van der Waals surface area contributed by atoms with Crippen molar-refractivity contribution in [3.63, 3.8) is 0 Å². The van der Waals surface area contributed by atoms with E-state index in [-0.39, 0.29) is 0 Å². The van der Waals surface area contributed by atoms with Gasteiger partial charge in [-0.25, -0.2) is 0 Å². The minimum Gasteiger partial charge on any atom is -0.496 e. The van der Waals surface area contributed by atoms with Crippen LogP contribution in [0.2, 0.25) is 0 Å². The van der Waals surface area contributed by atoms with Crippen LogP contribution in [-0.4, -0.2) is 30.9 Å². The van der Waals surface area contributed by atoms with Crippen LogP contribution in [0.1, 0.15) is 5.56 Å². The van der Waals surface area contributed by atoms with Gasteiger partial charge in [-0.2, -0.15) is 0 Å². The van der Waals surface area contributed by atoms with E-state index in [2.05, 4.69) is 6.58 Å². The molecule has 0 aliphatic rings. The molecule has 1 aromatic rings. The molecule has 1 rings (SSSR count). The summed E-state index contributed by atoms with van der Waals surface area (Å²) in [6, 6.07) is 4.93. The highest BCUT2D eigenvalue weighted by Crippen LogP contribution is 2.17. The summed E-state index contributed by atoms with van der Waals surface area (Å²) < 4.78 is 10.4. The Hall–Kier alpha value is -1.30. The highest BCUT2D eigenvalue weighted by atomic mass is 16.5. The third-order valence-corrected chi connectivity index (χ3v) is 2.10. The molecule has 86 valence electrons. The average molecular weight is 222 g/mol. The summed E-state index contributed by atoms with van der Waals surface area (Å²) in [5, 5.41) is 18.1. The van der Waals surface area contributed by atoms with E-state index in [0.29, 0.717) is 24.4 Å². The largest absolute Gasteiger partial charge is 0.496 e. The Morgan fingerprint density at radius 3 is 2.75 bits per heavy atom. The predicted molar refractivity (Wildman–Crippen MR) is 62.7 cm³/mol. The Bertz CT molecular complexity index is 352. The molecular weight excluding hydrogens is 207 g/mol. The van der Waals surface area contributed by atoms with Crippen LogP contribution in [0.15, 0.2) is 30.9 Å². The summed E-state index contributed by atoms with van der Waals surface area (Å²) in [6.07, 6.45) is 1.65. The molecule has 5 heteroatoms. The second-order valence-corrected chi connectivity index (χ2v) is 3.25. The van der Waals surface area contributed by atoms with E-state index in [1.807, 2.05) is 0 Å². The van der Waals surface area contributed by atoms with Crippen molar-refractivity contribution < 1.29 is 19.5 Å². The molecule has 0 bridgehead atoms. The summed E-state index contributed by atoms with van der Waals surface area (Å²) >= 11 is 0. The molecule has 0 radical (unpaired) electrons. The van der Waals surface area contributed by atoms with Gasteiger partial charge in [-0.15, -0.1) is 6.58 Å². The van der Waals surface area contributed by atoms with Crippen LogP contribution in [0.25, 0.3) is 0 Å². The van der Waals surface area contributed by atoms with Gasteiger partial charge in [0.05, 0.1) is 20.3 Å². The molecule has 0 aliphatic heterocycles. The van der Waals surface area contributed by atoms with Crippen LogP contribution in [0.3, 0.4) is 0 Å². The lowest BCUT2D eigenvalue weighted by Crippen LogP contribution is -2.30.